The summed E-state index contributed by atoms with van der Waals surface area (Å²) in [5.41, 5.74) is 2.09. The number of rotatable bonds is 8. The molecule has 1 aliphatic carbocycles. The smallest absolute Gasteiger partial charge is 0.214 e. The van der Waals surface area contributed by atoms with E-state index in [-0.39, 0.29) is 11.8 Å². The van der Waals surface area contributed by atoms with Crippen LogP contribution in [-0.4, -0.2) is 31.6 Å². The topological polar surface area (TPSA) is 46.6 Å². The van der Waals surface area contributed by atoms with E-state index in [1.54, 1.807) is 22.8 Å². The minimum atomic E-state index is -3.24. The summed E-state index contributed by atoms with van der Waals surface area (Å²) in [6.07, 6.45) is 2.48. The van der Waals surface area contributed by atoms with Gasteiger partial charge in [-0.2, -0.15) is 15.6 Å². The molecule has 0 unspecified atom stereocenters. The van der Waals surface area contributed by atoms with E-state index in [2.05, 4.69) is 0 Å². The predicted molar refractivity (Wildman–Crippen MR) is 93.4 cm³/mol. The Balaban J connectivity index is 1.65. The quantitative estimate of drug-likeness (QED) is 0.733. The van der Waals surface area contributed by atoms with E-state index in [0.717, 1.165) is 29.7 Å². The standard InChI is InChI=1S/C17H21NO3S2/c1-21-17-6-2-14(3-7-17)9-11-23(19,20)18(16-4-5-16)12-15-8-10-22-13-15/h2-3,6-8,10,13,16H,4-5,9,11-12H2,1H3. The van der Waals surface area contributed by atoms with Gasteiger partial charge in [-0.25, -0.2) is 8.42 Å². The molecule has 0 N–H and O–H groups in total. The molecular formula is C17H21NO3S2. The van der Waals surface area contributed by atoms with E-state index in [1.807, 2.05) is 41.1 Å². The molecule has 0 amide bonds. The van der Waals surface area contributed by atoms with Gasteiger partial charge in [0.2, 0.25) is 10.0 Å². The van der Waals surface area contributed by atoms with Crippen molar-refractivity contribution in [3.05, 3.63) is 52.2 Å². The van der Waals surface area contributed by atoms with Crippen molar-refractivity contribution in [1.82, 2.24) is 4.31 Å². The molecule has 0 bridgehead atoms. The molecule has 1 aliphatic rings. The Morgan fingerprint density at radius 2 is 1.91 bits per heavy atom. The molecule has 6 heteroatoms. The summed E-state index contributed by atoms with van der Waals surface area (Å²) in [4.78, 5) is 0. The minimum Gasteiger partial charge on any atom is -0.497 e. The SMILES string of the molecule is COc1ccc(CCS(=O)(=O)N(Cc2ccsc2)C2CC2)cc1. The van der Waals surface area contributed by atoms with Crippen molar-refractivity contribution in [2.75, 3.05) is 12.9 Å². The number of hydrogen-bond donors (Lipinski definition) is 0. The van der Waals surface area contributed by atoms with Crippen molar-refractivity contribution < 1.29 is 13.2 Å². The Morgan fingerprint density at radius 3 is 2.48 bits per heavy atom. The molecule has 0 radical (unpaired) electrons. The van der Waals surface area contributed by atoms with E-state index in [4.69, 9.17) is 4.74 Å². The molecule has 3 rings (SSSR count). The second-order valence-corrected chi connectivity index (χ2v) is 8.64. The molecule has 23 heavy (non-hydrogen) atoms. The second kappa shape index (κ2) is 7.03. The maximum absolute atomic E-state index is 12.7. The molecule has 0 spiro atoms. The number of sulfonamides is 1. The fourth-order valence-electron chi connectivity index (χ4n) is 2.54. The van der Waals surface area contributed by atoms with Crippen LogP contribution >= 0.6 is 11.3 Å². The molecule has 1 heterocycles. The van der Waals surface area contributed by atoms with Crippen LogP contribution in [0, 0.1) is 0 Å². The van der Waals surface area contributed by atoms with Gasteiger partial charge < -0.3 is 4.74 Å². The van der Waals surface area contributed by atoms with Crippen molar-refractivity contribution in [3.63, 3.8) is 0 Å². The van der Waals surface area contributed by atoms with E-state index < -0.39 is 10.0 Å². The zero-order valence-electron chi connectivity index (χ0n) is 13.1. The van der Waals surface area contributed by atoms with Crippen LogP contribution in [0.3, 0.4) is 0 Å². The van der Waals surface area contributed by atoms with E-state index >= 15 is 0 Å². The first kappa shape index (κ1) is 16.5. The number of benzene rings is 1. The summed E-state index contributed by atoms with van der Waals surface area (Å²) in [5.74, 6) is 0.939. The Labute approximate surface area is 141 Å². The maximum Gasteiger partial charge on any atom is 0.214 e. The van der Waals surface area contributed by atoms with Crippen LogP contribution in [0.5, 0.6) is 5.75 Å². The lowest BCUT2D eigenvalue weighted by Gasteiger charge is -2.21. The van der Waals surface area contributed by atoms with Crippen LogP contribution in [-0.2, 0) is 23.0 Å². The first-order valence-corrected chi connectivity index (χ1v) is 10.3. The maximum atomic E-state index is 12.7. The van der Waals surface area contributed by atoms with Gasteiger partial charge in [-0.15, -0.1) is 0 Å². The fourth-order valence-corrected chi connectivity index (χ4v) is 4.93. The van der Waals surface area contributed by atoms with Crippen molar-refractivity contribution in [3.8, 4) is 5.75 Å². The number of hydrogen-bond acceptors (Lipinski definition) is 4. The minimum absolute atomic E-state index is 0.153. The largest absolute Gasteiger partial charge is 0.497 e. The summed E-state index contributed by atoms with van der Waals surface area (Å²) in [6.45, 7) is 0.499. The highest BCUT2D eigenvalue weighted by Gasteiger charge is 2.36. The summed E-state index contributed by atoms with van der Waals surface area (Å²) >= 11 is 1.60. The average molecular weight is 351 g/mol. The summed E-state index contributed by atoms with van der Waals surface area (Å²) in [7, 11) is -1.62. The molecule has 0 atom stereocenters. The third-order valence-corrected chi connectivity index (χ3v) is 6.63. The normalized spacial score (nSPS) is 15.0. The van der Waals surface area contributed by atoms with Crippen molar-refractivity contribution in [1.29, 1.82) is 0 Å². The van der Waals surface area contributed by atoms with Crippen molar-refractivity contribution in [2.45, 2.75) is 31.8 Å². The molecular weight excluding hydrogens is 330 g/mol. The van der Waals surface area contributed by atoms with Crippen molar-refractivity contribution >= 4 is 21.4 Å². The molecule has 0 aliphatic heterocycles. The molecule has 124 valence electrons. The molecule has 1 aromatic carbocycles. The Bertz CT molecular complexity index is 720. The molecule has 1 aromatic heterocycles. The van der Waals surface area contributed by atoms with Gasteiger partial charge >= 0.3 is 0 Å². The molecule has 2 aromatic rings. The van der Waals surface area contributed by atoms with Gasteiger partial charge in [0.1, 0.15) is 5.75 Å². The van der Waals surface area contributed by atoms with Crippen LogP contribution in [0.1, 0.15) is 24.0 Å². The van der Waals surface area contributed by atoms with Crippen LogP contribution in [0.4, 0.5) is 0 Å². The van der Waals surface area contributed by atoms with Crippen molar-refractivity contribution in [2.24, 2.45) is 0 Å². The molecule has 0 saturated heterocycles. The third-order valence-electron chi connectivity index (χ3n) is 4.04. The molecule has 1 fully saturated rings. The molecule has 4 nitrogen and oxygen atoms in total. The molecule has 1 saturated carbocycles. The zero-order chi connectivity index (χ0) is 16.3. The first-order valence-electron chi connectivity index (χ1n) is 7.72. The highest BCUT2D eigenvalue weighted by molar-refractivity contribution is 7.89. The number of methoxy groups -OCH3 is 1. The lowest BCUT2D eigenvalue weighted by molar-refractivity contribution is 0.399. The highest BCUT2D eigenvalue weighted by Crippen LogP contribution is 2.31. The van der Waals surface area contributed by atoms with Gasteiger partial charge in [-0.1, -0.05) is 12.1 Å². The van der Waals surface area contributed by atoms with Gasteiger partial charge in [0, 0.05) is 12.6 Å². The lowest BCUT2D eigenvalue weighted by Crippen LogP contribution is -2.35. The third kappa shape index (κ3) is 4.34. The monoisotopic (exact) mass is 351 g/mol. The number of nitrogens with zero attached hydrogens (tertiary/aromatic N) is 1. The van der Waals surface area contributed by atoms with Crippen LogP contribution in [0.25, 0.3) is 0 Å². The zero-order valence-corrected chi connectivity index (χ0v) is 14.8. The number of ether oxygens (including phenoxy) is 1. The predicted octanol–water partition coefficient (Wildman–Crippen LogP) is 3.29. The van der Waals surface area contributed by atoms with Crippen LogP contribution in [0.2, 0.25) is 0 Å². The number of aryl methyl sites for hydroxylation is 1. The van der Waals surface area contributed by atoms with Gasteiger partial charge in [0.05, 0.1) is 12.9 Å². The summed E-state index contributed by atoms with van der Waals surface area (Å²) in [5, 5.41) is 4.01. The second-order valence-electron chi connectivity index (χ2n) is 5.82. The average Bonchev–Trinajstić information content (AvgIpc) is 3.26. The Morgan fingerprint density at radius 1 is 1.17 bits per heavy atom. The van der Waals surface area contributed by atoms with E-state index in [0.29, 0.717) is 13.0 Å². The van der Waals surface area contributed by atoms with Gasteiger partial charge in [0.25, 0.3) is 0 Å². The van der Waals surface area contributed by atoms with Crippen LogP contribution < -0.4 is 4.74 Å². The lowest BCUT2D eigenvalue weighted by atomic mass is 10.2. The van der Waals surface area contributed by atoms with E-state index in [1.165, 1.54) is 0 Å². The van der Waals surface area contributed by atoms with Gasteiger partial charge in [0.15, 0.2) is 0 Å². The van der Waals surface area contributed by atoms with Gasteiger partial charge in [-0.05, 0) is 59.3 Å². The Kier molecular flexibility index (Phi) is 5.04. The highest BCUT2D eigenvalue weighted by atomic mass is 32.2. The van der Waals surface area contributed by atoms with Crippen LogP contribution in [0.15, 0.2) is 41.1 Å². The summed E-state index contributed by atoms with van der Waals surface area (Å²) in [6, 6.07) is 9.77. The van der Waals surface area contributed by atoms with E-state index in [9.17, 15) is 8.42 Å². The first-order chi connectivity index (χ1) is 11.1. The Hall–Kier alpha value is -1.37. The fraction of sp³-hybridized carbons (Fsp3) is 0.412. The van der Waals surface area contributed by atoms with Gasteiger partial charge in [-0.3, -0.25) is 0 Å². The number of thiophene rings is 1. The summed E-state index contributed by atoms with van der Waals surface area (Å²) < 4.78 is 32.3.